The van der Waals surface area contributed by atoms with Gasteiger partial charge in [0.05, 0.1) is 17.7 Å². The fraction of sp³-hybridized carbons (Fsp3) is 0.571. The van der Waals surface area contributed by atoms with Crippen molar-refractivity contribution in [2.24, 2.45) is 0 Å². The zero-order chi connectivity index (χ0) is 13.7. The zero-order valence-corrected chi connectivity index (χ0v) is 12.3. The highest BCUT2D eigenvalue weighted by atomic mass is 35.5. The molecule has 1 saturated heterocycles. The number of hydrogen-bond acceptors (Lipinski definition) is 2. The van der Waals surface area contributed by atoms with Crippen molar-refractivity contribution < 1.29 is 9.13 Å². The van der Waals surface area contributed by atoms with Gasteiger partial charge in [-0.25, -0.2) is 4.39 Å². The van der Waals surface area contributed by atoms with E-state index in [0.29, 0.717) is 18.6 Å². The summed E-state index contributed by atoms with van der Waals surface area (Å²) in [7, 11) is 0. The normalized spacial score (nSPS) is 17.8. The van der Waals surface area contributed by atoms with Gasteiger partial charge in [0.25, 0.3) is 0 Å². The molecule has 0 atom stereocenters. The maximum absolute atomic E-state index is 13.4. The Morgan fingerprint density at radius 3 is 2.68 bits per heavy atom. The number of hydrogen-bond donors (Lipinski definition) is 0. The van der Waals surface area contributed by atoms with Crippen molar-refractivity contribution in [1.29, 1.82) is 0 Å². The van der Waals surface area contributed by atoms with Gasteiger partial charge >= 0.3 is 0 Å². The molecule has 0 aromatic heterocycles. The largest absolute Gasteiger partial charge is 0.377 e. The summed E-state index contributed by atoms with van der Waals surface area (Å²) < 4.78 is 19.0. The van der Waals surface area contributed by atoms with Crippen molar-refractivity contribution in [1.82, 2.24) is 4.90 Å². The zero-order valence-electron chi connectivity index (χ0n) is 10.7. The molecule has 5 heteroatoms. The van der Waals surface area contributed by atoms with Crippen molar-refractivity contribution in [3.63, 3.8) is 0 Å². The number of ether oxygens (including phenoxy) is 1. The summed E-state index contributed by atoms with van der Waals surface area (Å²) in [6.07, 6.45) is 2.33. The fourth-order valence-electron chi connectivity index (χ4n) is 2.34. The van der Waals surface area contributed by atoms with Gasteiger partial charge in [0.15, 0.2) is 0 Å². The minimum Gasteiger partial charge on any atom is -0.377 e. The molecule has 0 N–H and O–H groups in total. The van der Waals surface area contributed by atoms with Gasteiger partial charge in [-0.2, -0.15) is 0 Å². The molecule has 1 aromatic carbocycles. The van der Waals surface area contributed by atoms with Crippen LogP contribution in [-0.2, 0) is 11.3 Å². The van der Waals surface area contributed by atoms with Crippen LogP contribution < -0.4 is 0 Å². The summed E-state index contributed by atoms with van der Waals surface area (Å²) in [5, 5.41) is 0.178. The van der Waals surface area contributed by atoms with Crippen LogP contribution in [0.4, 0.5) is 4.39 Å². The van der Waals surface area contributed by atoms with E-state index in [-0.39, 0.29) is 10.8 Å². The lowest BCUT2D eigenvalue weighted by molar-refractivity contribution is 0.0134. The van der Waals surface area contributed by atoms with Crippen LogP contribution in [0, 0.1) is 5.82 Å². The fourth-order valence-corrected chi connectivity index (χ4v) is 2.55. The van der Waals surface area contributed by atoms with Crippen LogP contribution in [0.1, 0.15) is 18.4 Å². The van der Waals surface area contributed by atoms with Crippen LogP contribution >= 0.6 is 23.2 Å². The Balaban J connectivity index is 1.80. The Labute approximate surface area is 123 Å². The topological polar surface area (TPSA) is 12.5 Å². The second-order valence-corrected chi connectivity index (χ2v) is 5.57. The third-order valence-electron chi connectivity index (χ3n) is 3.36. The van der Waals surface area contributed by atoms with Crippen LogP contribution in [0.25, 0.3) is 0 Å². The third kappa shape index (κ3) is 4.60. The van der Waals surface area contributed by atoms with Gasteiger partial charge in [-0.1, -0.05) is 17.7 Å². The monoisotopic (exact) mass is 305 g/mol. The van der Waals surface area contributed by atoms with E-state index in [2.05, 4.69) is 4.90 Å². The van der Waals surface area contributed by atoms with Crippen LogP contribution in [0.3, 0.4) is 0 Å². The van der Waals surface area contributed by atoms with Gasteiger partial charge in [0, 0.05) is 25.5 Å². The van der Waals surface area contributed by atoms with Crippen molar-refractivity contribution in [2.45, 2.75) is 25.5 Å². The molecule has 0 spiro atoms. The number of benzene rings is 1. The molecule has 19 heavy (non-hydrogen) atoms. The van der Waals surface area contributed by atoms with Crippen LogP contribution in [0.2, 0.25) is 5.02 Å². The molecule has 1 heterocycles. The first-order chi connectivity index (χ1) is 9.19. The number of likely N-dealkylation sites (tertiary alicyclic amines) is 1. The molecule has 0 amide bonds. The molecule has 1 aliphatic heterocycles. The highest BCUT2D eigenvalue weighted by molar-refractivity contribution is 6.30. The van der Waals surface area contributed by atoms with Crippen molar-refractivity contribution in [3.05, 3.63) is 34.6 Å². The Kier molecular flexibility index (Phi) is 5.89. The lowest BCUT2D eigenvalue weighted by Crippen LogP contribution is -2.36. The minimum absolute atomic E-state index is 0.178. The first-order valence-electron chi connectivity index (χ1n) is 6.53. The summed E-state index contributed by atoms with van der Waals surface area (Å²) in [4.78, 5) is 2.31. The van der Waals surface area contributed by atoms with Crippen LogP contribution in [0.5, 0.6) is 0 Å². The molecule has 1 aromatic rings. The average Bonchev–Trinajstić information content (AvgIpc) is 2.42. The van der Waals surface area contributed by atoms with Crippen molar-refractivity contribution in [3.8, 4) is 0 Å². The smallest absolute Gasteiger partial charge is 0.142 e. The van der Waals surface area contributed by atoms with Gasteiger partial charge in [0.1, 0.15) is 5.82 Å². The number of halogens is 3. The summed E-state index contributed by atoms with van der Waals surface area (Å²) >= 11 is 11.3. The number of piperidine rings is 1. The van der Waals surface area contributed by atoms with E-state index in [9.17, 15) is 4.39 Å². The van der Waals surface area contributed by atoms with Gasteiger partial charge in [-0.15, -0.1) is 11.6 Å². The summed E-state index contributed by atoms with van der Waals surface area (Å²) in [6.45, 7) is 3.32. The molecule has 1 fully saturated rings. The van der Waals surface area contributed by atoms with Gasteiger partial charge in [0.2, 0.25) is 0 Å². The predicted molar refractivity (Wildman–Crippen MR) is 76.4 cm³/mol. The standard InChI is InChI=1S/C14H18Cl2FNO/c15-5-8-19-12-3-6-18(7-4-12)10-11-1-2-13(16)14(17)9-11/h1-2,9,12H,3-8,10H2. The van der Waals surface area contributed by atoms with Crippen LogP contribution in [0.15, 0.2) is 18.2 Å². The Morgan fingerprint density at radius 1 is 1.32 bits per heavy atom. The van der Waals surface area contributed by atoms with E-state index in [1.54, 1.807) is 6.07 Å². The number of rotatable bonds is 5. The molecule has 2 nitrogen and oxygen atoms in total. The maximum atomic E-state index is 13.4. The third-order valence-corrected chi connectivity index (χ3v) is 3.82. The van der Waals surface area contributed by atoms with E-state index in [1.165, 1.54) is 6.07 Å². The number of nitrogens with zero attached hydrogens (tertiary/aromatic N) is 1. The first kappa shape index (κ1) is 15.0. The Bertz CT molecular complexity index is 408. The van der Waals surface area contributed by atoms with Crippen LogP contribution in [-0.4, -0.2) is 36.6 Å². The Morgan fingerprint density at radius 2 is 2.05 bits per heavy atom. The molecule has 0 saturated carbocycles. The highest BCUT2D eigenvalue weighted by Gasteiger charge is 2.19. The summed E-state index contributed by atoms with van der Waals surface area (Å²) in [5.74, 6) is 0.198. The maximum Gasteiger partial charge on any atom is 0.142 e. The van der Waals surface area contributed by atoms with Crippen molar-refractivity contribution >= 4 is 23.2 Å². The quantitative estimate of drug-likeness (QED) is 0.769. The van der Waals surface area contributed by atoms with Crippen molar-refractivity contribution in [2.75, 3.05) is 25.6 Å². The first-order valence-corrected chi connectivity index (χ1v) is 7.44. The van der Waals surface area contributed by atoms with E-state index >= 15 is 0 Å². The van der Waals surface area contributed by atoms with Gasteiger partial charge in [-0.05, 0) is 30.5 Å². The number of alkyl halides is 1. The minimum atomic E-state index is -0.348. The molecule has 0 aliphatic carbocycles. The molecule has 0 radical (unpaired) electrons. The van der Waals surface area contributed by atoms with E-state index in [1.807, 2.05) is 6.07 Å². The van der Waals surface area contributed by atoms with E-state index in [4.69, 9.17) is 27.9 Å². The SMILES string of the molecule is Fc1cc(CN2CCC(OCCCl)CC2)ccc1Cl. The second-order valence-electron chi connectivity index (χ2n) is 4.78. The lowest BCUT2D eigenvalue weighted by atomic mass is 10.1. The van der Waals surface area contributed by atoms with E-state index in [0.717, 1.165) is 38.0 Å². The molecule has 0 bridgehead atoms. The summed E-state index contributed by atoms with van der Waals surface area (Å²) in [6, 6.07) is 5.00. The molecular weight excluding hydrogens is 288 g/mol. The predicted octanol–water partition coefficient (Wildman–Crippen LogP) is 3.70. The lowest BCUT2D eigenvalue weighted by Gasteiger charge is -2.31. The molecule has 2 rings (SSSR count). The van der Waals surface area contributed by atoms with Gasteiger partial charge in [-0.3, -0.25) is 4.90 Å². The second kappa shape index (κ2) is 7.44. The van der Waals surface area contributed by atoms with Gasteiger partial charge < -0.3 is 4.74 Å². The molecular formula is C14H18Cl2FNO. The molecule has 1 aliphatic rings. The summed E-state index contributed by atoms with van der Waals surface area (Å²) in [5.41, 5.74) is 0.960. The molecule has 0 unspecified atom stereocenters. The average molecular weight is 306 g/mol. The Hall–Kier alpha value is -0.350. The van der Waals surface area contributed by atoms with E-state index < -0.39 is 0 Å². The molecule has 106 valence electrons. The highest BCUT2D eigenvalue weighted by Crippen LogP contribution is 2.19.